The first-order valence-corrected chi connectivity index (χ1v) is 4.73. The second kappa shape index (κ2) is 3.36. The van der Waals surface area contributed by atoms with E-state index in [4.69, 9.17) is 0 Å². The molecule has 0 saturated heterocycles. The van der Waals surface area contributed by atoms with Gasteiger partial charge in [0.25, 0.3) is 0 Å². The molecule has 1 aromatic rings. The van der Waals surface area contributed by atoms with Crippen LogP contribution in [0.15, 0.2) is 6.20 Å². The summed E-state index contributed by atoms with van der Waals surface area (Å²) in [4.78, 5) is 21.5. The van der Waals surface area contributed by atoms with Crippen molar-refractivity contribution in [3.05, 3.63) is 23.3 Å². The van der Waals surface area contributed by atoms with Gasteiger partial charge in [-0.3, -0.25) is 4.79 Å². The van der Waals surface area contributed by atoms with Crippen LogP contribution < -0.4 is 0 Å². The molecule has 2 heterocycles. The third-order valence-corrected chi connectivity index (χ3v) is 2.50. The minimum atomic E-state index is 0.122. The van der Waals surface area contributed by atoms with Crippen molar-refractivity contribution < 1.29 is 4.79 Å². The molecular formula is C10H13N3O. The van der Waals surface area contributed by atoms with Gasteiger partial charge in [-0.15, -0.1) is 0 Å². The number of amides is 1. The molecule has 0 aliphatic carbocycles. The van der Waals surface area contributed by atoms with Gasteiger partial charge < -0.3 is 4.90 Å². The van der Waals surface area contributed by atoms with Gasteiger partial charge in [0, 0.05) is 38.2 Å². The summed E-state index contributed by atoms with van der Waals surface area (Å²) in [6.07, 6.45) is 2.67. The van der Waals surface area contributed by atoms with E-state index in [1.807, 2.05) is 18.0 Å². The lowest BCUT2D eigenvalue weighted by Crippen LogP contribution is -2.34. The Hall–Kier alpha value is -1.45. The fourth-order valence-corrected chi connectivity index (χ4v) is 1.68. The summed E-state index contributed by atoms with van der Waals surface area (Å²) in [6, 6.07) is 0. The van der Waals surface area contributed by atoms with Crippen LogP contribution in [0, 0.1) is 6.92 Å². The third-order valence-electron chi connectivity index (χ3n) is 2.50. The van der Waals surface area contributed by atoms with E-state index in [1.54, 1.807) is 6.92 Å². The van der Waals surface area contributed by atoms with Crippen molar-refractivity contribution in [1.29, 1.82) is 0 Å². The second-order valence-corrected chi connectivity index (χ2v) is 3.58. The lowest BCUT2D eigenvalue weighted by atomic mass is 10.1. The highest BCUT2D eigenvalue weighted by atomic mass is 16.2. The highest BCUT2D eigenvalue weighted by Gasteiger charge is 2.19. The van der Waals surface area contributed by atoms with Crippen LogP contribution in [-0.4, -0.2) is 27.3 Å². The summed E-state index contributed by atoms with van der Waals surface area (Å²) in [7, 11) is 0. The van der Waals surface area contributed by atoms with Gasteiger partial charge in [-0.2, -0.15) is 0 Å². The molecule has 1 aromatic heterocycles. The number of hydrogen-bond donors (Lipinski definition) is 0. The Labute approximate surface area is 83.0 Å². The Morgan fingerprint density at radius 3 is 3.07 bits per heavy atom. The Morgan fingerprint density at radius 1 is 1.57 bits per heavy atom. The van der Waals surface area contributed by atoms with Crippen LogP contribution in [0.1, 0.15) is 24.0 Å². The Balaban J connectivity index is 2.27. The lowest BCUT2D eigenvalue weighted by molar-refractivity contribution is -0.129. The summed E-state index contributed by atoms with van der Waals surface area (Å²) >= 11 is 0. The smallest absolute Gasteiger partial charge is 0.219 e. The topological polar surface area (TPSA) is 46.1 Å². The molecule has 0 bridgehead atoms. The van der Waals surface area contributed by atoms with Gasteiger partial charge in [-0.25, -0.2) is 9.97 Å². The molecule has 0 unspecified atom stereocenters. The van der Waals surface area contributed by atoms with Crippen molar-refractivity contribution in [3.63, 3.8) is 0 Å². The van der Waals surface area contributed by atoms with Gasteiger partial charge in [0.05, 0.1) is 5.69 Å². The van der Waals surface area contributed by atoms with Crippen molar-refractivity contribution in [2.24, 2.45) is 0 Å². The van der Waals surface area contributed by atoms with Gasteiger partial charge in [-0.05, 0) is 6.92 Å². The van der Waals surface area contributed by atoms with Gasteiger partial charge in [-0.1, -0.05) is 0 Å². The van der Waals surface area contributed by atoms with E-state index >= 15 is 0 Å². The maximum atomic E-state index is 11.2. The zero-order chi connectivity index (χ0) is 10.1. The van der Waals surface area contributed by atoms with E-state index in [0.717, 1.165) is 30.0 Å². The zero-order valence-corrected chi connectivity index (χ0v) is 8.45. The standard InChI is InChI=1S/C10H13N3O/c1-7-11-5-9-6-13(8(2)14)4-3-10(9)12-7/h5H,3-4,6H2,1-2H3. The van der Waals surface area contributed by atoms with Crippen LogP contribution in [0.4, 0.5) is 0 Å². The molecule has 0 radical (unpaired) electrons. The Kier molecular flexibility index (Phi) is 2.19. The molecule has 2 rings (SSSR count). The van der Waals surface area contributed by atoms with Gasteiger partial charge >= 0.3 is 0 Å². The highest BCUT2D eigenvalue weighted by Crippen LogP contribution is 2.15. The monoisotopic (exact) mass is 191 g/mol. The average molecular weight is 191 g/mol. The van der Waals surface area contributed by atoms with Gasteiger partial charge in [0.15, 0.2) is 0 Å². The average Bonchev–Trinajstić information content (AvgIpc) is 2.16. The number of aromatic nitrogens is 2. The van der Waals surface area contributed by atoms with Crippen LogP contribution in [0.25, 0.3) is 0 Å². The number of fused-ring (bicyclic) bond motifs is 1. The molecule has 74 valence electrons. The summed E-state index contributed by atoms with van der Waals surface area (Å²) in [5.41, 5.74) is 2.17. The van der Waals surface area contributed by atoms with Crippen LogP contribution in [-0.2, 0) is 17.8 Å². The van der Waals surface area contributed by atoms with E-state index in [9.17, 15) is 4.79 Å². The quantitative estimate of drug-likeness (QED) is 0.606. The fourth-order valence-electron chi connectivity index (χ4n) is 1.68. The van der Waals surface area contributed by atoms with E-state index in [-0.39, 0.29) is 5.91 Å². The Bertz CT molecular complexity index is 376. The molecule has 0 N–H and O–H groups in total. The summed E-state index contributed by atoms with van der Waals surface area (Å²) < 4.78 is 0. The molecule has 4 heteroatoms. The first kappa shape index (κ1) is 9.12. The van der Waals surface area contributed by atoms with Gasteiger partial charge in [0.2, 0.25) is 5.91 Å². The molecule has 1 aliphatic heterocycles. The van der Waals surface area contributed by atoms with Crippen molar-refractivity contribution in [1.82, 2.24) is 14.9 Å². The summed E-state index contributed by atoms with van der Waals surface area (Å²) in [5.74, 6) is 0.927. The first-order chi connectivity index (χ1) is 6.66. The molecule has 0 aromatic carbocycles. The molecular weight excluding hydrogens is 178 g/mol. The van der Waals surface area contributed by atoms with E-state index in [2.05, 4.69) is 9.97 Å². The molecule has 0 atom stereocenters. The maximum absolute atomic E-state index is 11.2. The molecule has 0 spiro atoms. The SMILES string of the molecule is CC(=O)N1CCc2nc(C)ncc2C1. The van der Waals surface area contributed by atoms with Crippen LogP contribution >= 0.6 is 0 Å². The molecule has 4 nitrogen and oxygen atoms in total. The van der Waals surface area contributed by atoms with Crippen LogP contribution in [0.2, 0.25) is 0 Å². The second-order valence-electron chi connectivity index (χ2n) is 3.58. The van der Waals surface area contributed by atoms with Crippen molar-refractivity contribution in [2.45, 2.75) is 26.8 Å². The Morgan fingerprint density at radius 2 is 2.36 bits per heavy atom. The largest absolute Gasteiger partial charge is 0.338 e. The number of hydrogen-bond acceptors (Lipinski definition) is 3. The van der Waals surface area contributed by atoms with Crippen molar-refractivity contribution in [2.75, 3.05) is 6.54 Å². The van der Waals surface area contributed by atoms with Crippen molar-refractivity contribution in [3.8, 4) is 0 Å². The molecule has 14 heavy (non-hydrogen) atoms. The number of rotatable bonds is 0. The third kappa shape index (κ3) is 1.60. The summed E-state index contributed by atoms with van der Waals surface area (Å²) in [5, 5.41) is 0. The normalized spacial score (nSPS) is 15.1. The van der Waals surface area contributed by atoms with E-state index in [0.29, 0.717) is 6.54 Å². The number of aryl methyl sites for hydroxylation is 1. The minimum absolute atomic E-state index is 0.122. The molecule has 1 aliphatic rings. The first-order valence-electron chi connectivity index (χ1n) is 4.73. The molecule has 0 saturated carbocycles. The fraction of sp³-hybridized carbons (Fsp3) is 0.500. The highest BCUT2D eigenvalue weighted by molar-refractivity contribution is 5.73. The van der Waals surface area contributed by atoms with Crippen molar-refractivity contribution >= 4 is 5.91 Å². The zero-order valence-electron chi connectivity index (χ0n) is 8.45. The predicted octanol–water partition coefficient (Wildman–Crippen LogP) is 0.690. The predicted molar refractivity (Wildman–Crippen MR) is 51.6 cm³/mol. The van der Waals surface area contributed by atoms with Crippen LogP contribution in [0.3, 0.4) is 0 Å². The molecule has 1 amide bonds. The van der Waals surface area contributed by atoms with Gasteiger partial charge in [0.1, 0.15) is 5.82 Å². The van der Waals surface area contributed by atoms with E-state index in [1.165, 1.54) is 0 Å². The van der Waals surface area contributed by atoms with Crippen LogP contribution in [0.5, 0.6) is 0 Å². The number of carbonyl (C=O) groups excluding carboxylic acids is 1. The number of carbonyl (C=O) groups is 1. The number of nitrogens with zero attached hydrogens (tertiary/aromatic N) is 3. The minimum Gasteiger partial charge on any atom is -0.338 e. The maximum Gasteiger partial charge on any atom is 0.219 e. The molecule has 0 fully saturated rings. The van der Waals surface area contributed by atoms with E-state index < -0.39 is 0 Å². The summed E-state index contributed by atoms with van der Waals surface area (Å²) in [6.45, 7) is 4.92. The lowest BCUT2D eigenvalue weighted by Gasteiger charge is -2.26.